The molecule has 4 atom stereocenters. The molecule has 3 heterocycles. The first kappa shape index (κ1) is 12.2. The maximum atomic E-state index is 10.2. The van der Waals surface area contributed by atoms with Crippen molar-refractivity contribution in [1.82, 2.24) is 15.1 Å². The smallest absolute Gasteiger partial charge is 0.227 e. The average molecular weight is 268 g/mol. The molecule has 2 aromatic heterocycles. The topological polar surface area (TPSA) is 148 Å². The van der Waals surface area contributed by atoms with Crippen LogP contribution in [-0.4, -0.2) is 48.4 Å². The Kier molecular flexibility index (Phi) is 2.47. The summed E-state index contributed by atoms with van der Waals surface area (Å²) in [5.41, 5.74) is 4.44. The molecule has 3 rings (SSSR count). The molecule has 1 fully saturated rings. The van der Waals surface area contributed by atoms with Gasteiger partial charge in [-0.25, -0.2) is 9.97 Å². The van der Waals surface area contributed by atoms with E-state index in [9.17, 15) is 15.3 Å². The molecule has 0 saturated carbocycles. The first-order valence-electron chi connectivity index (χ1n) is 5.52. The number of nitrogens with two attached hydrogens (primary N) is 1. The van der Waals surface area contributed by atoms with E-state index in [1.165, 1.54) is 13.3 Å². The standard InChI is InChI=1S/C10H12N4O5/c1-10(17)6(15)9(16)18-7(10)4-3-5(19-14-4)8(11)13-2-12-3/h2,6-7,9,15-17H,1H3,(H2,11,12,13)/t6-,7+,9?,10-/m1/s1. The molecule has 1 unspecified atom stereocenters. The van der Waals surface area contributed by atoms with E-state index in [2.05, 4.69) is 15.1 Å². The zero-order valence-corrected chi connectivity index (χ0v) is 9.89. The Labute approximate surface area is 106 Å². The van der Waals surface area contributed by atoms with Gasteiger partial charge in [-0.3, -0.25) is 0 Å². The summed E-state index contributed by atoms with van der Waals surface area (Å²) in [6, 6.07) is 0. The van der Waals surface area contributed by atoms with Crippen molar-refractivity contribution in [3.8, 4) is 0 Å². The Hall–Kier alpha value is -1.81. The van der Waals surface area contributed by atoms with Crippen LogP contribution in [0.2, 0.25) is 0 Å². The van der Waals surface area contributed by atoms with Gasteiger partial charge in [0.05, 0.1) is 0 Å². The minimum Gasteiger partial charge on any atom is -0.385 e. The molecule has 1 aliphatic rings. The lowest BCUT2D eigenvalue weighted by Gasteiger charge is -2.24. The minimum absolute atomic E-state index is 0.0995. The quantitative estimate of drug-likeness (QED) is 0.495. The van der Waals surface area contributed by atoms with Crippen LogP contribution in [0.4, 0.5) is 5.82 Å². The largest absolute Gasteiger partial charge is 0.385 e. The second kappa shape index (κ2) is 3.84. The third-order valence-corrected chi connectivity index (χ3v) is 3.23. The van der Waals surface area contributed by atoms with Crippen LogP contribution in [0, 0.1) is 0 Å². The summed E-state index contributed by atoms with van der Waals surface area (Å²) in [6.07, 6.45) is -2.86. The summed E-state index contributed by atoms with van der Waals surface area (Å²) in [4.78, 5) is 7.70. The van der Waals surface area contributed by atoms with Gasteiger partial charge in [0, 0.05) is 0 Å². The highest BCUT2D eigenvalue weighted by Gasteiger charge is 2.54. The van der Waals surface area contributed by atoms with Crippen molar-refractivity contribution in [3.63, 3.8) is 0 Å². The molecule has 19 heavy (non-hydrogen) atoms. The molecular formula is C10H12N4O5. The molecular weight excluding hydrogens is 256 g/mol. The predicted octanol–water partition coefficient (Wildman–Crippen LogP) is -1.30. The van der Waals surface area contributed by atoms with Gasteiger partial charge in [0.2, 0.25) is 5.58 Å². The maximum absolute atomic E-state index is 10.2. The fraction of sp³-hybridized carbons (Fsp3) is 0.500. The molecule has 0 spiro atoms. The molecule has 1 aliphatic heterocycles. The number of hydrogen-bond donors (Lipinski definition) is 4. The van der Waals surface area contributed by atoms with Gasteiger partial charge in [-0.2, -0.15) is 0 Å². The lowest BCUT2D eigenvalue weighted by Crippen LogP contribution is -2.42. The zero-order chi connectivity index (χ0) is 13.8. The number of ether oxygens (including phenoxy) is 1. The Morgan fingerprint density at radius 2 is 2.11 bits per heavy atom. The van der Waals surface area contributed by atoms with Gasteiger partial charge in [0.25, 0.3) is 0 Å². The van der Waals surface area contributed by atoms with Crippen LogP contribution in [-0.2, 0) is 4.74 Å². The molecule has 1 saturated heterocycles. The van der Waals surface area contributed by atoms with Crippen molar-refractivity contribution >= 4 is 16.9 Å². The lowest BCUT2D eigenvalue weighted by molar-refractivity contribution is -0.129. The zero-order valence-electron chi connectivity index (χ0n) is 9.89. The number of hydrogen-bond acceptors (Lipinski definition) is 9. The first-order chi connectivity index (χ1) is 8.93. The lowest BCUT2D eigenvalue weighted by atomic mass is 9.92. The Bertz CT molecular complexity index is 627. The molecule has 9 heteroatoms. The third-order valence-electron chi connectivity index (χ3n) is 3.23. The van der Waals surface area contributed by atoms with Gasteiger partial charge in [0.1, 0.15) is 35.3 Å². The van der Waals surface area contributed by atoms with Crippen LogP contribution >= 0.6 is 0 Å². The number of rotatable bonds is 1. The Morgan fingerprint density at radius 1 is 1.37 bits per heavy atom. The van der Waals surface area contributed by atoms with E-state index in [4.69, 9.17) is 15.0 Å². The van der Waals surface area contributed by atoms with Crippen LogP contribution in [0.3, 0.4) is 0 Å². The van der Waals surface area contributed by atoms with E-state index < -0.39 is 24.1 Å². The van der Waals surface area contributed by atoms with Gasteiger partial charge < -0.3 is 30.3 Å². The van der Waals surface area contributed by atoms with E-state index in [-0.39, 0.29) is 22.6 Å². The van der Waals surface area contributed by atoms with E-state index in [1.54, 1.807) is 0 Å². The molecule has 2 aromatic rings. The van der Waals surface area contributed by atoms with Crippen molar-refractivity contribution < 1.29 is 24.6 Å². The van der Waals surface area contributed by atoms with Gasteiger partial charge in [-0.15, -0.1) is 0 Å². The highest BCUT2D eigenvalue weighted by atomic mass is 16.6. The molecule has 0 aromatic carbocycles. The summed E-state index contributed by atoms with van der Waals surface area (Å²) < 4.78 is 10.1. The highest BCUT2D eigenvalue weighted by molar-refractivity contribution is 5.83. The first-order valence-corrected chi connectivity index (χ1v) is 5.52. The SMILES string of the molecule is C[C@@]1(O)[C@H](O)C(O)O[C@H]1c1noc2c(N)ncnc12. The van der Waals surface area contributed by atoms with Crippen LogP contribution in [0.15, 0.2) is 10.9 Å². The fourth-order valence-corrected chi connectivity index (χ4v) is 2.11. The van der Waals surface area contributed by atoms with Gasteiger partial charge in [-0.1, -0.05) is 5.16 Å². The Balaban J connectivity index is 2.13. The molecule has 5 N–H and O–H groups in total. The highest BCUT2D eigenvalue weighted by Crippen LogP contribution is 2.42. The van der Waals surface area contributed by atoms with E-state index in [0.717, 1.165) is 0 Å². The van der Waals surface area contributed by atoms with Crippen molar-refractivity contribution in [2.45, 2.75) is 31.0 Å². The summed E-state index contributed by atoms with van der Waals surface area (Å²) in [6.45, 7) is 1.32. The van der Waals surface area contributed by atoms with Gasteiger partial charge in [0.15, 0.2) is 12.1 Å². The molecule has 0 amide bonds. The predicted molar refractivity (Wildman–Crippen MR) is 60.5 cm³/mol. The number of nitrogen functional groups attached to an aromatic ring is 1. The second-order valence-electron chi connectivity index (χ2n) is 4.58. The number of nitrogens with zero attached hydrogens (tertiary/aromatic N) is 3. The van der Waals surface area contributed by atoms with Gasteiger partial charge in [-0.05, 0) is 6.92 Å². The average Bonchev–Trinajstić information content (AvgIpc) is 2.86. The number of aliphatic hydroxyl groups is 3. The van der Waals surface area contributed by atoms with Crippen molar-refractivity contribution in [2.75, 3.05) is 5.73 Å². The van der Waals surface area contributed by atoms with Crippen LogP contribution in [0.5, 0.6) is 0 Å². The minimum atomic E-state index is -1.73. The fourth-order valence-electron chi connectivity index (χ4n) is 2.11. The third kappa shape index (κ3) is 1.60. The van der Waals surface area contributed by atoms with Gasteiger partial charge >= 0.3 is 0 Å². The van der Waals surface area contributed by atoms with Crippen LogP contribution in [0.25, 0.3) is 11.1 Å². The molecule has 102 valence electrons. The van der Waals surface area contributed by atoms with Crippen LogP contribution in [0.1, 0.15) is 18.7 Å². The van der Waals surface area contributed by atoms with Crippen molar-refractivity contribution in [2.24, 2.45) is 0 Å². The number of aromatic nitrogens is 3. The van der Waals surface area contributed by atoms with Crippen LogP contribution < -0.4 is 5.73 Å². The van der Waals surface area contributed by atoms with Crippen molar-refractivity contribution in [1.29, 1.82) is 0 Å². The number of anilines is 1. The maximum Gasteiger partial charge on any atom is 0.227 e. The number of fused-ring (bicyclic) bond motifs is 1. The van der Waals surface area contributed by atoms with E-state index in [1.807, 2.05) is 0 Å². The van der Waals surface area contributed by atoms with Crippen molar-refractivity contribution in [3.05, 3.63) is 12.0 Å². The molecule has 0 aliphatic carbocycles. The molecule has 9 nitrogen and oxygen atoms in total. The second-order valence-corrected chi connectivity index (χ2v) is 4.58. The molecule has 0 radical (unpaired) electrons. The van der Waals surface area contributed by atoms with E-state index >= 15 is 0 Å². The Morgan fingerprint density at radius 3 is 2.74 bits per heavy atom. The summed E-state index contributed by atoms with van der Waals surface area (Å²) >= 11 is 0. The summed E-state index contributed by atoms with van der Waals surface area (Å²) in [5, 5.41) is 33.1. The normalized spacial score (nSPS) is 35.1. The van der Waals surface area contributed by atoms with E-state index in [0.29, 0.717) is 0 Å². The summed E-state index contributed by atoms with van der Waals surface area (Å²) in [7, 11) is 0. The molecule has 0 bridgehead atoms. The summed E-state index contributed by atoms with van der Waals surface area (Å²) in [5.74, 6) is 0.0995. The number of aliphatic hydroxyl groups excluding tert-OH is 2. The monoisotopic (exact) mass is 268 g/mol.